The molecule has 13 heteroatoms. The number of nitrogens with one attached hydrogen (secondary N) is 3. The van der Waals surface area contributed by atoms with Gasteiger partial charge >= 0.3 is 6.09 Å². The molecule has 37 heavy (non-hydrogen) atoms. The van der Waals surface area contributed by atoms with E-state index in [0.717, 1.165) is 18.4 Å². The van der Waals surface area contributed by atoms with E-state index in [-0.39, 0.29) is 41.3 Å². The van der Waals surface area contributed by atoms with E-state index >= 15 is 0 Å². The molecule has 0 spiro atoms. The normalized spacial score (nSPS) is 15.7. The number of likely N-dealkylation sites (tertiary alicyclic amines) is 1. The van der Waals surface area contributed by atoms with Crippen molar-refractivity contribution in [3.63, 3.8) is 0 Å². The molecule has 3 N–H and O–H groups in total. The number of carbonyl (C=O) groups is 3. The molecule has 0 atom stereocenters. The summed E-state index contributed by atoms with van der Waals surface area (Å²) in [6.07, 6.45) is 3.26. The number of carbonyl (C=O) groups excluding carboxylic acids is 3. The Morgan fingerprint density at radius 1 is 1.11 bits per heavy atom. The van der Waals surface area contributed by atoms with Gasteiger partial charge in [0.2, 0.25) is 11.9 Å². The first-order chi connectivity index (χ1) is 17.6. The van der Waals surface area contributed by atoms with E-state index in [9.17, 15) is 14.4 Å². The lowest BCUT2D eigenvalue weighted by atomic mass is 9.93. The van der Waals surface area contributed by atoms with Crippen LogP contribution in [-0.2, 0) is 9.53 Å². The molecule has 2 aliphatic rings. The number of fused-ring (bicyclic) bond motifs is 1. The molecule has 13 nitrogen and oxygen atoms in total. The highest BCUT2D eigenvalue weighted by Gasteiger charge is 2.35. The van der Waals surface area contributed by atoms with Gasteiger partial charge in [0.05, 0.1) is 5.69 Å². The molecule has 3 aromatic heterocycles. The van der Waals surface area contributed by atoms with Crippen molar-refractivity contribution < 1.29 is 19.1 Å². The highest BCUT2D eigenvalue weighted by atomic mass is 16.6. The molecule has 194 valence electrons. The molecule has 3 amide bonds. The molecule has 4 heterocycles. The van der Waals surface area contributed by atoms with Crippen LogP contribution in [0.1, 0.15) is 55.6 Å². The standard InChI is InChI=1S/C24H29N9O4/c1-24(2,3)37-23(36)32-10-15(11-32)14-7-8-18-28-22(31-33(18)12-14)26-16-9-17(27-20(34)13-5-6-13)29-30-19(16)21(35)25-4/h7-9,12-13,15H,5-6,10-11H2,1-4H3,(H,25,35)(H2,26,27,29,31,34). The summed E-state index contributed by atoms with van der Waals surface area (Å²) < 4.78 is 7.06. The number of aromatic nitrogens is 5. The molecule has 3 aromatic rings. The molecule has 5 rings (SSSR count). The summed E-state index contributed by atoms with van der Waals surface area (Å²) >= 11 is 0. The maximum Gasteiger partial charge on any atom is 0.410 e. The largest absolute Gasteiger partial charge is 0.444 e. The smallest absolute Gasteiger partial charge is 0.410 e. The van der Waals surface area contributed by atoms with Crippen LogP contribution in [-0.4, -0.2) is 73.3 Å². The van der Waals surface area contributed by atoms with Crippen molar-refractivity contribution in [3.8, 4) is 0 Å². The van der Waals surface area contributed by atoms with Gasteiger partial charge in [-0.2, -0.15) is 4.98 Å². The summed E-state index contributed by atoms with van der Waals surface area (Å²) in [5, 5.41) is 20.7. The Morgan fingerprint density at radius 2 is 1.86 bits per heavy atom. The van der Waals surface area contributed by atoms with E-state index < -0.39 is 11.5 Å². The van der Waals surface area contributed by atoms with Gasteiger partial charge in [0.15, 0.2) is 17.2 Å². The predicted octanol–water partition coefficient (Wildman–Crippen LogP) is 2.31. The maximum atomic E-state index is 12.3. The van der Waals surface area contributed by atoms with E-state index in [1.807, 2.05) is 39.1 Å². The number of rotatable bonds is 6. The first kappa shape index (κ1) is 24.4. The summed E-state index contributed by atoms with van der Waals surface area (Å²) in [6, 6.07) is 5.34. The predicted molar refractivity (Wildman–Crippen MR) is 134 cm³/mol. The van der Waals surface area contributed by atoms with Gasteiger partial charge in [-0.25, -0.2) is 9.31 Å². The van der Waals surface area contributed by atoms with Crippen LogP contribution in [0.4, 0.5) is 22.2 Å². The second kappa shape index (κ2) is 9.30. The zero-order chi connectivity index (χ0) is 26.3. The minimum absolute atomic E-state index is 0.00184. The number of nitrogens with zero attached hydrogens (tertiary/aromatic N) is 6. The fourth-order valence-electron chi connectivity index (χ4n) is 3.89. The monoisotopic (exact) mass is 507 g/mol. The minimum atomic E-state index is -0.531. The average Bonchev–Trinajstić information content (AvgIpc) is 3.57. The number of anilines is 3. The first-order valence-electron chi connectivity index (χ1n) is 12.1. The summed E-state index contributed by atoms with van der Waals surface area (Å²) in [7, 11) is 1.49. The SMILES string of the molecule is CNC(=O)c1nnc(NC(=O)C2CC2)cc1Nc1nc2ccc(C3CN(C(=O)OC(C)(C)C)C3)cn2n1. The van der Waals surface area contributed by atoms with Crippen LogP contribution in [0.25, 0.3) is 5.65 Å². The van der Waals surface area contributed by atoms with Crippen molar-refractivity contribution in [2.75, 3.05) is 30.8 Å². The lowest BCUT2D eigenvalue weighted by Gasteiger charge is -2.39. The lowest BCUT2D eigenvalue weighted by Crippen LogP contribution is -2.50. The lowest BCUT2D eigenvalue weighted by molar-refractivity contribution is -0.117. The van der Waals surface area contributed by atoms with Crippen molar-refractivity contribution in [2.45, 2.75) is 45.1 Å². The summed E-state index contributed by atoms with van der Waals surface area (Å²) in [5.41, 5.74) is 1.44. The van der Waals surface area contributed by atoms with Gasteiger partial charge in [0, 0.05) is 44.2 Å². The Bertz CT molecular complexity index is 1370. The van der Waals surface area contributed by atoms with Crippen LogP contribution in [0.15, 0.2) is 24.4 Å². The number of hydrogen-bond donors (Lipinski definition) is 3. The zero-order valence-electron chi connectivity index (χ0n) is 21.1. The number of pyridine rings is 1. The number of amides is 3. The molecule has 1 saturated carbocycles. The molecule has 0 unspecified atom stereocenters. The van der Waals surface area contributed by atoms with Crippen LogP contribution < -0.4 is 16.0 Å². The van der Waals surface area contributed by atoms with Crippen LogP contribution in [0.3, 0.4) is 0 Å². The van der Waals surface area contributed by atoms with E-state index in [1.165, 1.54) is 13.1 Å². The molecule has 1 saturated heterocycles. The van der Waals surface area contributed by atoms with Crippen LogP contribution >= 0.6 is 0 Å². The minimum Gasteiger partial charge on any atom is -0.444 e. The molecule has 1 aliphatic carbocycles. The molecule has 1 aliphatic heterocycles. The van der Waals surface area contributed by atoms with Gasteiger partial charge in [-0.1, -0.05) is 6.07 Å². The first-order valence-corrected chi connectivity index (χ1v) is 12.1. The molecule has 0 aromatic carbocycles. The summed E-state index contributed by atoms with van der Waals surface area (Å²) in [5.74, 6) is 0.0852. The van der Waals surface area contributed by atoms with Gasteiger partial charge in [0.25, 0.3) is 5.91 Å². The third-order valence-corrected chi connectivity index (χ3v) is 6.04. The van der Waals surface area contributed by atoms with Crippen LogP contribution in [0.2, 0.25) is 0 Å². The van der Waals surface area contributed by atoms with Crippen molar-refractivity contribution >= 4 is 41.0 Å². The molecule has 0 bridgehead atoms. The quantitative estimate of drug-likeness (QED) is 0.456. The topological polar surface area (TPSA) is 156 Å². The van der Waals surface area contributed by atoms with Gasteiger partial charge in [-0.15, -0.1) is 15.3 Å². The average molecular weight is 508 g/mol. The highest BCUT2D eigenvalue weighted by molar-refractivity contribution is 5.99. The summed E-state index contributed by atoms with van der Waals surface area (Å²) in [6.45, 7) is 6.66. The second-order valence-corrected chi connectivity index (χ2v) is 10.2. The maximum absolute atomic E-state index is 12.3. The molecular formula is C24H29N9O4. The van der Waals surface area contributed by atoms with Gasteiger partial charge in [-0.3, -0.25) is 9.59 Å². The van der Waals surface area contributed by atoms with Crippen LogP contribution in [0, 0.1) is 5.92 Å². The van der Waals surface area contributed by atoms with Crippen molar-refractivity contribution in [1.82, 2.24) is 35.0 Å². The molecule has 2 fully saturated rings. The fraction of sp³-hybridized carbons (Fsp3) is 0.458. The second-order valence-electron chi connectivity index (χ2n) is 10.2. The van der Waals surface area contributed by atoms with Crippen LogP contribution in [0.5, 0.6) is 0 Å². The molecule has 0 radical (unpaired) electrons. The van der Waals surface area contributed by atoms with Gasteiger partial charge in [-0.05, 0) is 45.2 Å². The van der Waals surface area contributed by atoms with Crippen molar-refractivity contribution in [1.29, 1.82) is 0 Å². The number of hydrogen-bond acceptors (Lipinski definition) is 9. The Morgan fingerprint density at radius 3 is 2.54 bits per heavy atom. The van der Waals surface area contributed by atoms with Gasteiger partial charge < -0.3 is 25.6 Å². The van der Waals surface area contributed by atoms with E-state index in [4.69, 9.17) is 4.74 Å². The Hall–Kier alpha value is -4.29. The van der Waals surface area contributed by atoms with Crippen molar-refractivity contribution in [2.24, 2.45) is 5.92 Å². The van der Waals surface area contributed by atoms with Crippen molar-refractivity contribution in [3.05, 3.63) is 35.7 Å². The third kappa shape index (κ3) is 5.44. The Kier molecular flexibility index (Phi) is 6.13. The number of ether oxygens (including phenoxy) is 1. The van der Waals surface area contributed by atoms with E-state index in [2.05, 4.69) is 36.2 Å². The molecular weight excluding hydrogens is 478 g/mol. The zero-order valence-corrected chi connectivity index (χ0v) is 21.1. The van der Waals surface area contributed by atoms with E-state index in [1.54, 1.807) is 9.42 Å². The Labute approximate surface area is 213 Å². The summed E-state index contributed by atoms with van der Waals surface area (Å²) in [4.78, 5) is 42.9. The Balaban J connectivity index is 1.31. The third-order valence-electron chi connectivity index (χ3n) is 6.04. The van der Waals surface area contributed by atoms with E-state index in [0.29, 0.717) is 24.4 Å². The van der Waals surface area contributed by atoms with Gasteiger partial charge in [0.1, 0.15) is 5.60 Å². The fourth-order valence-corrected chi connectivity index (χ4v) is 3.89. The highest BCUT2D eigenvalue weighted by Crippen LogP contribution is 2.31.